The first-order chi connectivity index (χ1) is 9.60. The molecule has 1 amide bonds. The monoisotopic (exact) mass is 295 g/mol. The van der Waals surface area contributed by atoms with Gasteiger partial charge in [0, 0.05) is 5.56 Å². The third-order valence-corrected chi connectivity index (χ3v) is 3.09. The van der Waals surface area contributed by atoms with Crippen molar-refractivity contribution in [3.8, 4) is 10.6 Å². The number of hydrogen-bond acceptors (Lipinski definition) is 6. The van der Waals surface area contributed by atoms with Gasteiger partial charge in [-0.1, -0.05) is 11.3 Å². The number of rotatable bonds is 3. The zero-order valence-electron chi connectivity index (χ0n) is 10.4. The van der Waals surface area contributed by atoms with Crippen molar-refractivity contribution < 1.29 is 18.7 Å². The van der Waals surface area contributed by atoms with Crippen molar-refractivity contribution in [2.45, 2.75) is 6.92 Å². The van der Waals surface area contributed by atoms with Gasteiger partial charge in [0.1, 0.15) is 10.8 Å². The summed E-state index contributed by atoms with van der Waals surface area (Å²) < 4.78 is 17.3. The topological polar surface area (TPSA) is 81.2 Å². The average molecular weight is 295 g/mol. The van der Waals surface area contributed by atoms with Crippen molar-refractivity contribution in [3.63, 3.8) is 0 Å². The number of carbonyl (C=O) groups excluding carboxylic acids is 2. The average Bonchev–Trinajstić information content (AvgIpc) is 2.88. The molecule has 8 heteroatoms. The van der Waals surface area contributed by atoms with E-state index in [0.29, 0.717) is 10.6 Å². The maximum Gasteiger partial charge on any atom is 0.397 e. The van der Waals surface area contributed by atoms with Crippen LogP contribution in [0.5, 0.6) is 0 Å². The summed E-state index contributed by atoms with van der Waals surface area (Å²) in [7, 11) is 0. The molecule has 1 heterocycles. The van der Waals surface area contributed by atoms with Crippen LogP contribution in [0, 0.1) is 5.82 Å². The summed E-state index contributed by atoms with van der Waals surface area (Å²) in [6.07, 6.45) is 0. The summed E-state index contributed by atoms with van der Waals surface area (Å²) in [5.41, 5.74) is 0.667. The Morgan fingerprint density at radius 3 is 2.65 bits per heavy atom. The van der Waals surface area contributed by atoms with Crippen LogP contribution >= 0.6 is 11.3 Å². The van der Waals surface area contributed by atoms with Crippen LogP contribution in [-0.4, -0.2) is 28.7 Å². The van der Waals surface area contributed by atoms with Crippen LogP contribution < -0.4 is 5.32 Å². The third kappa shape index (κ3) is 3.35. The molecule has 0 saturated carbocycles. The van der Waals surface area contributed by atoms with Crippen LogP contribution in [0.25, 0.3) is 10.6 Å². The minimum absolute atomic E-state index is 0.114. The van der Waals surface area contributed by atoms with E-state index in [1.807, 2.05) is 0 Å². The largest absolute Gasteiger partial charge is 0.459 e. The molecule has 0 atom stereocenters. The van der Waals surface area contributed by atoms with Gasteiger partial charge in [-0.15, -0.1) is 10.2 Å². The molecule has 0 saturated heterocycles. The second kappa shape index (κ2) is 6.20. The molecule has 0 spiro atoms. The molecule has 0 aliphatic heterocycles. The lowest BCUT2D eigenvalue weighted by atomic mass is 10.2. The van der Waals surface area contributed by atoms with Gasteiger partial charge in [-0.3, -0.25) is 10.1 Å². The molecule has 1 aromatic heterocycles. The SMILES string of the molecule is CCOC(=O)C(=O)Nc1nnc(-c2ccc(F)cc2)s1. The minimum atomic E-state index is -0.981. The van der Waals surface area contributed by atoms with Crippen LogP contribution in [0.3, 0.4) is 0 Å². The number of ether oxygens (including phenoxy) is 1. The fourth-order valence-electron chi connectivity index (χ4n) is 1.33. The zero-order chi connectivity index (χ0) is 14.5. The smallest absolute Gasteiger partial charge is 0.397 e. The fourth-order valence-corrected chi connectivity index (χ4v) is 2.07. The van der Waals surface area contributed by atoms with Crippen molar-refractivity contribution >= 4 is 28.3 Å². The summed E-state index contributed by atoms with van der Waals surface area (Å²) in [6, 6.07) is 5.70. The number of hydrogen-bond donors (Lipinski definition) is 1. The molecule has 0 bridgehead atoms. The molecule has 6 nitrogen and oxygen atoms in total. The third-order valence-electron chi connectivity index (χ3n) is 2.20. The predicted octanol–water partition coefficient (Wildman–Crippen LogP) is 1.85. The summed E-state index contributed by atoms with van der Waals surface area (Å²) in [5.74, 6) is -2.24. The molecule has 2 aromatic rings. The van der Waals surface area contributed by atoms with Crippen molar-refractivity contribution in [3.05, 3.63) is 30.1 Å². The molecule has 0 unspecified atom stereocenters. The normalized spacial score (nSPS) is 10.1. The van der Waals surface area contributed by atoms with Crippen LogP contribution in [0.15, 0.2) is 24.3 Å². The van der Waals surface area contributed by atoms with Gasteiger partial charge in [0.2, 0.25) is 5.13 Å². The van der Waals surface area contributed by atoms with Crippen LogP contribution in [0.4, 0.5) is 9.52 Å². The highest BCUT2D eigenvalue weighted by atomic mass is 32.1. The van der Waals surface area contributed by atoms with Crippen molar-refractivity contribution in [1.82, 2.24) is 10.2 Å². The molecular formula is C12H10FN3O3S. The molecule has 0 aliphatic rings. The molecule has 0 fully saturated rings. The number of carbonyl (C=O) groups is 2. The standard InChI is InChI=1S/C12H10FN3O3S/c1-2-19-11(18)9(17)14-12-16-15-10(20-12)7-3-5-8(13)6-4-7/h3-6H,2H2,1H3,(H,14,16,17). The fraction of sp³-hybridized carbons (Fsp3) is 0.167. The van der Waals surface area contributed by atoms with Gasteiger partial charge in [-0.2, -0.15) is 0 Å². The predicted molar refractivity (Wildman–Crippen MR) is 70.6 cm³/mol. The summed E-state index contributed by atoms with van der Waals surface area (Å²) >= 11 is 1.07. The van der Waals surface area contributed by atoms with Gasteiger partial charge >= 0.3 is 11.9 Å². The van der Waals surface area contributed by atoms with Gasteiger partial charge in [0.15, 0.2) is 0 Å². The van der Waals surface area contributed by atoms with Crippen molar-refractivity contribution in [2.24, 2.45) is 0 Å². The molecule has 104 valence electrons. The zero-order valence-corrected chi connectivity index (χ0v) is 11.2. The number of amides is 1. The lowest BCUT2D eigenvalue weighted by Gasteiger charge is -1.99. The summed E-state index contributed by atoms with van der Waals surface area (Å²) in [5, 5.41) is 10.5. The van der Waals surface area contributed by atoms with Crippen LogP contribution in [0.1, 0.15) is 6.92 Å². The molecule has 2 rings (SSSR count). The Labute approximate surface area is 117 Å². The van der Waals surface area contributed by atoms with E-state index >= 15 is 0 Å². The molecular weight excluding hydrogens is 285 g/mol. The Morgan fingerprint density at radius 1 is 1.30 bits per heavy atom. The lowest BCUT2D eigenvalue weighted by molar-refractivity contribution is -0.152. The number of benzene rings is 1. The number of anilines is 1. The van der Waals surface area contributed by atoms with E-state index < -0.39 is 11.9 Å². The van der Waals surface area contributed by atoms with E-state index in [1.165, 1.54) is 12.1 Å². The second-order valence-electron chi connectivity index (χ2n) is 3.59. The second-order valence-corrected chi connectivity index (χ2v) is 4.57. The molecule has 1 N–H and O–H groups in total. The number of esters is 1. The quantitative estimate of drug-likeness (QED) is 0.690. The Kier molecular flexibility index (Phi) is 4.36. The van der Waals surface area contributed by atoms with E-state index in [0.717, 1.165) is 11.3 Å². The Morgan fingerprint density at radius 2 is 2.00 bits per heavy atom. The molecule has 0 aliphatic carbocycles. The first-order valence-corrected chi connectivity index (χ1v) is 6.49. The summed E-state index contributed by atoms with van der Waals surface area (Å²) in [6.45, 7) is 1.71. The highest BCUT2D eigenvalue weighted by molar-refractivity contribution is 7.18. The molecule has 0 radical (unpaired) electrons. The molecule has 1 aromatic carbocycles. The first kappa shape index (κ1) is 14.1. The van der Waals surface area contributed by atoms with Gasteiger partial charge in [0.25, 0.3) is 0 Å². The Bertz CT molecular complexity index is 627. The first-order valence-electron chi connectivity index (χ1n) is 5.67. The maximum absolute atomic E-state index is 12.8. The Balaban J connectivity index is 2.07. The number of aromatic nitrogens is 2. The number of nitrogens with zero attached hydrogens (tertiary/aromatic N) is 2. The number of halogens is 1. The highest BCUT2D eigenvalue weighted by Crippen LogP contribution is 2.26. The van der Waals surface area contributed by atoms with Crippen molar-refractivity contribution in [1.29, 1.82) is 0 Å². The van der Waals surface area contributed by atoms with E-state index in [2.05, 4.69) is 20.3 Å². The van der Waals surface area contributed by atoms with Gasteiger partial charge in [-0.25, -0.2) is 9.18 Å². The van der Waals surface area contributed by atoms with Crippen molar-refractivity contribution in [2.75, 3.05) is 11.9 Å². The van der Waals surface area contributed by atoms with E-state index in [4.69, 9.17) is 0 Å². The van der Waals surface area contributed by atoms with Gasteiger partial charge in [0.05, 0.1) is 6.61 Å². The Hall–Kier alpha value is -2.35. The highest BCUT2D eigenvalue weighted by Gasteiger charge is 2.17. The minimum Gasteiger partial charge on any atom is -0.459 e. The van der Waals surface area contributed by atoms with Crippen LogP contribution in [0.2, 0.25) is 0 Å². The summed E-state index contributed by atoms with van der Waals surface area (Å²) in [4.78, 5) is 22.5. The lowest BCUT2D eigenvalue weighted by Crippen LogP contribution is -2.24. The van der Waals surface area contributed by atoms with Gasteiger partial charge < -0.3 is 4.74 Å². The van der Waals surface area contributed by atoms with E-state index in [1.54, 1.807) is 19.1 Å². The van der Waals surface area contributed by atoms with Gasteiger partial charge in [-0.05, 0) is 31.2 Å². The maximum atomic E-state index is 12.8. The van der Waals surface area contributed by atoms with Crippen LogP contribution in [-0.2, 0) is 14.3 Å². The van der Waals surface area contributed by atoms with E-state index in [9.17, 15) is 14.0 Å². The van der Waals surface area contributed by atoms with E-state index in [-0.39, 0.29) is 17.6 Å². The molecule has 20 heavy (non-hydrogen) atoms. The number of nitrogens with one attached hydrogen (secondary N) is 1.